The number of fused-ring (bicyclic) bond motifs is 2. The Morgan fingerprint density at radius 2 is 1.77 bits per heavy atom. The van der Waals surface area contributed by atoms with Crippen molar-refractivity contribution in [2.75, 3.05) is 26.3 Å². The van der Waals surface area contributed by atoms with Gasteiger partial charge in [-0.05, 0) is 49.3 Å². The highest BCUT2D eigenvalue weighted by molar-refractivity contribution is 7.92. The van der Waals surface area contributed by atoms with E-state index in [1.54, 1.807) is 0 Å². The number of allylic oxidation sites excluding steroid dienone is 1. The second-order valence-corrected chi connectivity index (χ2v) is 12.6. The van der Waals surface area contributed by atoms with Crippen molar-refractivity contribution in [2.24, 2.45) is 11.8 Å². The number of morpholine rings is 1. The van der Waals surface area contributed by atoms with Crippen LogP contribution in [-0.2, 0) is 14.6 Å². The minimum Gasteiger partial charge on any atom is -0.379 e. The molecule has 1 aliphatic heterocycles. The third-order valence-corrected chi connectivity index (χ3v) is 10.6. The van der Waals surface area contributed by atoms with Gasteiger partial charge in [-0.2, -0.15) is 0 Å². The molecule has 0 spiro atoms. The average Bonchev–Trinajstić information content (AvgIpc) is 2.83. The molecule has 35 heavy (non-hydrogen) atoms. The lowest BCUT2D eigenvalue weighted by atomic mass is 9.60. The second kappa shape index (κ2) is 9.68. The van der Waals surface area contributed by atoms with Gasteiger partial charge < -0.3 is 10.1 Å². The van der Waals surface area contributed by atoms with Gasteiger partial charge in [0.15, 0.2) is 21.8 Å². The number of halogens is 4. The molecule has 2 bridgehead atoms. The van der Waals surface area contributed by atoms with Crippen LogP contribution in [0.2, 0.25) is 5.02 Å². The SMILES string of the molecule is O=C(NC1CC(F)=C(F)[C@@H](F)C1)c1ccc(Cl)c(S(=O)(=O)[C@@H]2CC3C[C@@H](C2)C3N2CCOCC2)c1. The molecule has 192 valence electrons. The van der Waals surface area contributed by atoms with Crippen LogP contribution in [0.1, 0.15) is 42.5 Å². The first-order valence-electron chi connectivity index (χ1n) is 12.0. The molecule has 1 aromatic rings. The Morgan fingerprint density at radius 1 is 1.09 bits per heavy atom. The van der Waals surface area contributed by atoms with Crippen molar-refractivity contribution < 1.29 is 31.1 Å². The number of nitrogens with zero attached hydrogens (tertiary/aromatic N) is 1. The maximum atomic E-state index is 13.7. The van der Waals surface area contributed by atoms with E-state index < -0.39 is 51.3 Å². The molecule has 6 rings (SSSR count). The number of carbonyl (C=O) groups excluding carboxylic acids is 1. The van der Waals surface area contributed by atoms with E-state index in [1.807, 2.05) is 0 Å². The molecule has 3 unspecified atom stereocenters. The smallest absolute Gasteiger partial charge is 0.251 e. The zero-order chi connectivity index (χ0) is 24.9. The molecule has 1 heterocycles. The van der Waals surface area contributed by atoms with Gasteiger partial charge in [0.1, 0.15) is 5.83 Å². The number of nitrogens with one attached hydrogen (secondary N) is 1. The second-order valence-electron chi connectivity index (χ2n) is 10.0. The molecule has 1 aromatic carbocycles. The molecular weight excluding hydrogens is 505 g/mol. The summed E-state index contributed by atoms with van der Waals surface area (Å²) < 4.78 is 73.1. The molecule has 6 atom stereocenters. The Balaban J connectivity index is 1.29. The van der Waals surface area contributed by atoms with Crippen LogP contribution in [0.3, 0.4) is 0 Å². The molecule has 1 amide bonds. The zero-order valence-corrected chi connectivity index (χ0v) is 20.6. The maximum Gasteiger partial charge on any atom is 0.251 e. The van der Waals surface area contributed by atoms with Gasteiger partial charge in [0.05, 0.1) is 28.4 Å². The van der Waals surface area contributed by atoms with Gasteiger partial charge in [-0.25, -0.2) is 21.6 Å². The lowest BCUT2D eigenvalue weighted by molar-refractivity contribution is -0.0781. The minimum absolute atomic E-state index is 0.0194. The van der Waals surface area contributed by atoms with Crippen LogP contribution in [-0.4, -0.2) is 69.0 Å². The summed E-state index contributed by atoms with van der Waals surface area (Å²) >= 11 is 6.27. The molecule has 6 nitrogen and oxygen atoms in total. The van der Waals surface area contributed by atoms with Crippen LogP contribution in [0.25, 0.3) is 0 Å². The quantitative estimate of drug-likeness (QED) is 0.620. The first-order valence-corrected chi connectivity index (χ1v) is 13.9. The number of amides is 1. The van der Waals surface area contributed by atoms with Crippen molar-refractivity contribution in [3.63, 3.8) is 0 Å². The summed E-state index contributed by atoms with van der Waals surface area (Å²) in [5.74, 6) is -2.74. The van der Waals surface area contributed by atoms with E-state index in [0.717, 1.165) is 19.5 Å². The van der Waals surface area contributed by atoms with E-state index in [0.29, 0.717) is 43.9 Å². The van der Waals surface area contributed by atoms with Crippen LogP contribution in [0.5, 0.6) is 0 Å². The van der Waals surface area contributed by atoms with Crippen molar-refractivity contribution >= 4 is 27.3 Å². The predicted octanol–water partition coefficient (Wildman–Crippen LogP) is 3.99. The molecule has 1 N–H and O–H groups in total. The number of rotatable bonds is 5. The molecule has 1 saturated heterocycles. The first kappa shape index (κ1) is 25.0. The minimum atomic E-state index is -3.80. The highest BCUT2D eigenvalue weighted by atomic mass is 35.5. The number of benzene rings is 1. The highest BCUT2D eigenvalue weighted by Crippen LogP contribution is 2.51. The lowest BCUT2D eigenvalue weighted by Crippen LogP contribution is -2.61. The molecule has 3 saturated carbocycles. The summed E-state index contributed by atoms with van der Waals surface area (Å²) in [6, 6.07) is 3.41. The van der Waals surface area contributed by atoms with Gasteiger partial charge in [0, 0.05) is 43.6 Å². The monoisotopic (exact) mass is 532 g/mol. The highest BCUT2D eigenvalue weighted by Gasteiger charge is 2.53. The van der Waals surface area contributed by atoms with Gasteiger partial charge in [0.25, 0.3) is 5.91 Å². The fraction of sp³-hybridized carbons (Fsp3) is 0.625. The third-order valence-electron chi connectivity index (χ3n) is 7.90. The molecular formula is C24H28ClF3N2O4S. The number of carbonyl (C=O) groups is 1. The van der Waals surface area contributed by atoms with Crippen LogP contribution < -0.4 is 5.32 Å². The van der Waals surface area contributed by atoms with E-state index in [2.05, 4.69) is 10.2 Å². The summed E-state index contributed by atoms with van der Waals surface area (Å²) in [5.41, 5.74) is 0.0194. The summed E-state index contributed by atoms with van der Waals surface area (Å²) in [4.78, 5) is 15.0. The molecule has 11 heteroatoms. The number of sulfone groups is 1. The summed E-state index contributed by atoms with van der Waals surface area (Å²) in [7, 11) is -3.80. The van der Waals surface area contributed by atoms with Crippen molar-refractivity contribution in [1.82, 2.24) is 10.2 Å². The third kappa shape index (κ3) is 4.74. The first-order chi connectivity index (χ1) is 16.6. The Bertz CT molecular complexity index is 1130. The van der Waals surface area contributed by atoms with Crippen LogP contribution in [0.4, 0.5) is 13.2 Å². The molecule has 5 aliphatic rings. The van der Waals surface area contributed by atoms with E-state index in [9.17, 15) is 26.4 Å². The van der Waals surface area contributed by atoms with Crippen LogP contribution in [0.15, 0.2) is 34.7 Å². The van der Waals surface area contributed by atoms with Crippen molar-refractivity contribution in [1.29, 1.82) is 0 Å². The average molecular weight is 533 g/mol. The van der Waals surface area contributed by atoms with E-state index in [-0.39, 0.29) is 21.9 Å². The Kier molecular flexibility index (Phi) is 6.93. The van der Waals surface area contributed by atoms with E-state index in [4.69, 9.17) is 16.3 Å². The van der Waals surface area contributed by atoms with Gasteiger partial charge in [-0.3, -0.25) is 9.69 Å². The van der Waals surface area contributed by atoms with Crippen molar-refractivity contribution in [3.05, 3.63) is 40.4 Å². The lowest BCUT2D eigenvalue weighted by Gasteiger charge is -2.56. The number of ether oxygens (including phenoxy) is 1. The summed E-state index contributed by atoms with van der Waals surface area (Å²) in [6.07, 6.45) is -0.846. The molecule has 4 aliphatic carbocycles. The van der Waals surface area contributed by atoms with Crippen molar-refractivity contribution in [3.8, 4) is 0 Å². The van der Waals surface area contributed by atoms with Gasteiger partial charge in [-0.1, -0.05) is 11.6 Å². The summed E-state index contributed by atoms with van der Waals surface area (Å²) in [5, 5.41) is 1.93. The Labute approximate surface area is 207 Å². The Hall–Kier alpha value is -1.62. The number of hydrogen-bond acceptors (Lipinski definition) is 5. The van der Waals surface area contributed by atoms with Gasteiger partial charge in [0.2, 0.25) is 0 Å². The largest absolute Gasteiger partial charge is 0.379 e. The standard InChI is InChI=1S/C24H28ClF3N2O4S/c25-18-2-1-13(24(31)29-16-11-19(26)22(28)20(27)12-16)10-21(18)35(32,33)17-8-14-7-15(9-17)23(14)30-3-5-34-6-4-30/h1-2,10,14-17,19,23H,3-9,11-12H2,(H,29,31)/t14-,15?,16?,17-,19-,23?/m0/s1. The molecule has 0 radical (unpaired) electrons. The molecule has 4 fully saturated rings. The van der Waals surface area contributed by atoms with E-state index in [1.165, 1.54) is 18.2 Å². The van der Waals surface area contributed by atoms with Crippen molar-refractivity contribution in [2.45, 2.75) is 60.5 Å². The topological polar surface area (TPSA) is 75.7 Å². The number of alkyl halides is 1. The van der Waals surface area contributed by atoms with Gasteiger partial charge >= 0.3 is 0 Å². The molecule has 0 aromatic heterocycles. The van der Waals surface area contributed by atoms with E-state index >= 15 is 0 Å². The normalized spacial score (nSPS) is 33.8. The fourth-order valence-corrected chi connectivity index (χ4v) is 8.60. The predicted molar refractivity (Wildman–Crippen MR) is 124 cm³/mol. The Morgan fingerprint density at radius 3 is 2.43 bits per heavy atom. The maximum absolute atomic E-state index is 13.7. The fourth-order valence-electron chi connectivity index (χ4n) is 6.17. The van der Waals surface area contributed by atoms with Gasteiger partial charge in [-0.15, -0.1) is 0 Å². The zero-order valence-electron chi connectivity index (χ0n) is 19.1. The van der Waals surface area contributed by atoms with Crippen LogP contribution >= 0.6 is 11.6 Å². The summed E-state index contributed by atoms with van der Waals surface area (Å²) in [6.45, 7) is 3.14. The number of hydrogen-bond donors (Lipinski definition) is 1. The van der Waals surface area contributed by atoms with Crippen LogP contribution in [0, 0.1) is 11.8 Å².